The minimum atomic E-state index is -0.111. The minimum Gasteiger partial charge on any atom is -0.376 e. The average Bonchev–Trinajstić information content (AvgIpc) is 2.85. The molecule has 0 spiro atoms. The third-order valence-electron chi connectivity index (χ3n) is 5.97. The highest BCUT2D eigenvalue weighted by atomic mass is 15.0. The molecule has 0 fully saturated rings. The van der Waals surface area contributed by atoms with Gasteiger partial charge < -0.3 is 5.32 Å². The highest BCUT2D eigenvalue weighted by Crippen LogP contribution is 2.32. The van der Waals surface area contributed by atoms with E-state index in [1.165, 1.54) is 27.8 Å². The first-order valence-electron chi connectivity index (χ1n) is 11.4. The van der Waals surface area contributed by atoms with Crippen molar-refractivity contribution >= 4 is 17.3 Å². The Bertz CT molecular complexity index is 1090. The molecule has 0 aliphatic rings. The Labute approximate surface area is 192 Å². The summed E-state index contributed by atoms with van der Waals surface area (Å²) in [6.07, 6.45) is 4.47. The molecule has 0 aliphatic heterocycles. The minimum absolute atomic E-state index is 0.111. The van der Waals surface area contributed by atoms with Gasteiger partial charge in [-0.3, -0.25) is 0 Å². The first-order valence-corrected chi connectivity index (χ1v) is 11.4. The molecule has 32 heavy (non-hydrogen) atoms. The quantitative estimate of drug-likeness (QED) is 0.284. The van der Waals surface area contributed by atoms with Crippen molar-refractivity contribution in [3.8, 4) is 0 Å². The highest BCUT2D eigenvalue weighted by Gasteiger charge is 2.25. The van der Waals surface area contributed by atoms with Crippen molar-refractivity contribution in [3.63, 3.8) is 0 Å². The average molecular weight is 418 g/mol. The lowest BCUT2D eigenvalue weighted by Crippen LogP contribution is -2.31. The summed E-state index contributed by atoms with van der Waals surface area (Å²) >= 11 is 0. The maximum atomic E-state index is 3.77. The fraction of sp³-hybridized carbons (Fsp3) is 0.161. The molecule has 4 aromatic carbocycles. The van der Waals surface area contributed by atoms with Crippen LogP contribution in [0, 0.1) is 0 Å². The molecule has 1 atom stereocenters. The Kier molecular flexibility index (Phi) is 6.87. The number of para-hydroxylation sites is 1. The van der Waals surface area contributed by atoms with Gasteiger partial charge in [-0.05, 0) is 59.4 Å². The van der Waals surface area contributed by atoms with E-state index in [0.717, 1.165) is 18.5 Å². The van der Waals surface area contributed by atoms with Crippen LogP contribution in [-0.4, -0.2) is 0 Å². The summed E-state index contributed by atoms with van der Waals surface area (Å²) in [5.41, 5.74) is 7.24. The third kappa shape index (κ3) is 5.18. The van der Waals surface area contributed by atoms with E-state index in [2.05, 4.69) is 141 Å². The Morgan fingerprint density at radius 1 is 0.688 bits per heavy atom. The fourth-order valence-corrected chi connectivity index (χ4v) is 4.30. The molecule has 0 bridgehead atoms. The van der Waals surface area contributed by atoms with Crippen molar-refractivity contribution in [2.24, 2.45) is 0 Å². The lowest BCUT2D eigenvalue weighted by Gasteiger charge is -2.32. The molecule has 0 heterocycles. The van der Waals surface area contributed by atoms with Crippen LogP contribution in [0.3, 0.4) is 0 Å². The number of benzene rings is 4. The molecular weight excluding hydrogens is 386 g/mol. The third-order valence-corrected chi connectivity index (χ3v) is 5.97. The van der Waals surface area contributed by atoms with Gasteiger partial charge in [0.25, 0.3) is 0 Å². The summed E-state index contributed by atoms with van der Waals surface area (Å²) in [7, 11) is 0. The zero-order chi connectivity index (χ0) is 22.2. The van der Waals surface area contributed by atoms with E-state index in [9.17, 15) is 0 Å². The summed E-state index contributed by atoms with van der Waals surface area (Å²) in [6.45, 7) is 4.54. The van der Waals surface area contributed by atoms with Gasteiger partial charge in [0.05, 0.1) is 5.54 Å². The largest absolute Gasteiger partial charge is 0.376 e. The van der Waals surface area contributed by atoms with Crippen LogP contribution in [0.25, 0.3) is 11.6 Å². The molecule has 0 saturated heterocycles. The topological polar surface area (TPSA) is 12.0 Å². The molecule has 1 unspecified atom stereocenters. The Morgan fingerprint density at radius 2 is 1.19 bits per heavy atom. The van der Waals surface area contributed by atoms with E-state index in [-0.39, 0.29) is 5.54 Å². The van der Waals surface area contributed by atoms with Crippen molar-refractivity contribution in [1.82, 2.24) is 0 Å². The smallest absolute Gasteiger partial charge is 0.0597 e. The Balaban J connectivity index is 1.67. The van der Waals surface area contributed by atoms with Gasteiger partial charge in [0.1, 0.15) is 0 Å². The molecule has 4 rings (SSSR count). The predicted octanol–water partition coefficient (Wildman–Crippen LogP) is 8.40. The zero-order valence-corrected chi connectivity index (χ0v) is 19.0. The molecular formula is C31H31N. The first-order chi connectivity index (χ1) is 15.7. The van der Waals surface area contributed by atoms with Gasteiger partial charge in [0.15, 0.2) is 0 Å². The zero-order valence-electron chi connectivity index (χ0n) is 19.0. The molecule has 0 saturated carbocycles. The van der Waals surface area contributed by atoms with Gasteiger partial charge in [0, 0.05) is 5.69 Å². The lowest BCUT2D eigenvalue weighted by molar-refractivity contribution is 0.488. The van der Waals surface area contributed by atoms with Crippen LogP contribution >= 0.6 is 0 Å². The first kappa shape index (κ1) is 21.6. The van der Waals surface area contributed by atoms with Gasteiger partial charge in [-0.1, -0.05) is 116 Å². The van der Waals surface area contributed by atoms with E-state index in [0.29, 0.717) is 0 Å². The summed E-state index contributed by atoms with van der Waals surface area (Å²) < 4.78 is 0. The number of nitrogens with one attached hydrogen (secondary N) is 1. The number of hydrogen-bond donors (Lipinski definition) is 1. The Hall–Kier alpha value is -3.58. The Morgan fingerprint density at radius 3 is 1.69 bits per heavy atom. The fourth-order valence-electron chi connectivity index (χ4n) is 4.30. The van der Waals surface area contributed by atoms with E-state index >= 15 is 0 Å². The summed E-state index contributed by atoms with van der Waals surface area (Å²) in [5.74, 6) is 0. The van der Waals surface area contributed by atoms with Crippen molar-refractivity contribution in [2.45, 2.75) is 32.2 Å². The molecule has 1 nitrogen and oxygen atoms in total. The number of rotatable bonds is 8. The molecule has 1 heteroatoms. The predicted molar refractivity (Wildman–Crippen MR) is 139 cm³/mol. The summed E-state index contributed by atoms with van der Waals surface area (Å²) in [4.78, 5) is 0. The maximum absolute atomic E-state index is 3.77. The number of hydrogen-bond acceptors (Lipinski definition) is 1. The van der Waals surface area contributed by atoms with Crippen molar-refractivity contribution in [1.29, 1.82) is 0 Å². The van der Waals surface area contributed by atoms with Crippen molar-refractivity contribution in [3.05, 3.63) is 138 Å². The van der Waals surface area contributed by atoms with Crippen LogP contribution in [0.4, 0.5) is 5.69 Å². The molecule has 4 aromatic rings. The maximum Gasteiger partial charge on any atom is 0.0597 e. The van der Waals surface area contributed by atoms with Gasteiger partial charge in [0.2, 0.25) is 0 Å². The van der Waals surface area contributed by atoms with Crippen LogP contribution < -0.4 is 5.32 Å². The molecule has 0 amide bonds. The van der Waals surface area contributed by atoms with Crippen LogP contribution in [0.5, 0.6) is 0 Å². The van der Waals surface area contributed by atoms with Crippen molar-refractivity contribution < 1.29 is 0 Å². The second-order valence-corrected chi connectivity index (χ2v) is 8.49. The summed E-state index contributed by atoms with van der Waals surface area (Å²) in [5, 5.41) is 3.77. The van der Waals surface area contributed by atoms with Gasteiger partial charge >= 0.3 is 0 Å². The van der Waals surface area contributed by atoms with Crippen molar-refractivity contribution in [2.75, 3.05) is 5.32 Å². The van der Waals surface area contributed by atoms with Crippen LogP contribution in [0.1, 0.15) is 48.9 Å². The van der Waals surface area contributed by atoms with E-state index in [1.54, 1.807) is 0 Å². The monoisotopic (exact) mass is 417 g/mol. The van der Waals surface area contributed by atoms with Gasteiger partial charge in [-0.15, -0.1) is 0 Å². The molecule has 1 N–H and O–H groups in total. The number of anilines is 1. The van der Waals surface area contributed by atoms with E-state index < -0.39 is 0 Å². The second kappa shape index (κ2) is 10.2. The van der Waals surface area contributed by atoms with E-state index in [1.807, 2.05) is 0 Å². The van der Waals surface area contributed by atoms with Crippen LogP contribution in [-0.2, 0) is 5.54 Å². The molecule has 0 radical (unpaired) electrons. The van der Waals surface area contributed by atoms with Gasteiger partial charge in [-0.2, -0.15) is 0 Å². The lowest BCUT2D eigenvalue weighted by atomic mass is 9.86. The van der Waals surface area contributed by atoms with Gasteiger partial charge in [-0.25, -0.2) is 0 Å². The van der Waals surface area contributed by atoms with Crippen LogP contribution in [0.2, 0.25) is 0 Å². The van der Waals surface area contributed by atoms with Crippen LogP contribution in [0.15, 0.2) is 115 Å². The second-order valence-electron chi connectivity index (χ2n) is 8.49. The highest BCUT2D eigenvalue weighted by molar-refractivity contribution is 5.91. The van der Waals surface area contributed by atoms with E-state index in [4.69, 9.17) is 0 Å². The normalized spacial score (nSPS) is 12.6. The standard InChI is InChI=1S/C31H31N/c1-3-23-31(2,32-29-17-11-6-12-18-29)28-21-19-25(20-22-28)24-30(26-13-7-4-8-14-26)27-15-9-5-10-16-27/h4-22,24,32H,3,23H2,1-2H3. The molecule has 160 valence electrons. The SMILES string of the molecule is CCCC(C)(Nc1ccccc1)c1ccc(C=C(c2ccccc2)c2ccccc2)cc1. The molecule has 0 aromatic heterocycles. The summed E-state index contributed by atoms with van der Waals surface area (Å²) in [6, 6.07) is 40.7. The molecule has 0 aliphatic carbocycles.